The van der Waals surface area contributed by atoms with Gasteiger partial charge in [-0.1, -0.05) is 19.8 Å². The zero-order valence-electron chi connectivity index (χ0n) is 15.5. The first-order chi connectivity index (χ1) is 11.6. The first-order valence-electron chi connectivity index (χ1n) is 8.98. The molecular formula is C17H32N6S. The Kier molecular flexibility index (Phi) is 7.88. The Labute approximate surface area is 150 Å². The van der Waals surface area contributed by atoms with Gasteiger partial charge in [0, 0.05) is 19.6 Å². The molecule has 0 saturated heterocycles. The van der Waals surface area contributed by atoms with Crippen molar-refractivity contribution in [2.24, 2.45) is 18.0 Å². The Morgan fingerprint density at radius 2 is 2.21 bits per heavy atom. The molecule has 2 unspecified atom stereocenters. The number of nitrogens with zero attached hydrogens (tertiary/aromatic N) is 4. The van der Waals surface area contributed by atoms with Gasteiger partial charge in [0.25, 0.3) is 0 Å². The summed E-state index contributed by atoms with van der Waals surface area (Å²) in [7, 11) is 1.99. The molecule has 24 heavy (non-hydrogen) atoms. The number of aliphatic imine (C=N–C) groups is 1. The van der Waals surface area contributed by atoms with E-state index in [2.05, 4.69) is 34.0 Å². The molecule has 2 atom stereocenters. The molecule has 2 rings (SSSR count). The third-order valence-electron chi connectivity index (χ3n) is 4.66. The van der Waals surface area contributed by atoms with Gasteiger partial charge in [-0.15, -0.1) is 10.2 Å². The fourth-order valence-corrected chi connectivity index (χ4v) is 3.51. The van der Waals surface area contributed by atoms with Crippen LogP contribution in [0, 0.1) is 12.8 Å². The highest BCUT2D eigenvalue weighted by molar-refractivity contribution is 7.98. The monoisotopic (exact) mass is 352 g/mol. The van der Waals surface area contributed by atoms with Gasteiger partial charge in [-0.3, -0.25) is 0 Å². The van der Waals surface area contributed by atoms with Gasteiger partial charge in [0.1, 0.15) is 12.4 Å². The Hall–Kier alpha value is -1.24. The van der Waals surface area contributed by atoms with Crippen LogP contribution in [0.3, 0.4) is 0 Å². The number of aromatic nitrogens is 3. The second-order valence-corrected chi connectivity index (χ2v) is 7.76. The van der Waals surface area contributed by atoms with Crippen LogP contribution in [0.4, 0.5) is 0 Å². The van der Waals surface area contributed by atoms with Gasteiger partial charge >= 0.3 is 0 Å². The molecule has 0 aromatic carbocycles. The molecule has 0 bridgehead atoms. The lowest BCUT2D eigenvalue weighted by atomic mass is 9.87. The van der Waals surface area contributed by atoms with Gasteiger partial charge in [0.15, 0.2) is 11.8 Å². The second kappa shape index (κ2) is 9.91. The highest BCUT2D eigenvalue weighted by atomic mass is 32.2. The molecule has 136 valence electrons. The molecule has 1 aliphatic carbocycles. The summed E-state index contributed by atoms with van der Waals surface area (Å²) < 4.78 is 2.00. The van der Waals surface area contributed by atoms with Crippen molar-refractivity contribution in [3.63, 3.8) is 0 Å². The molecule has 0 aliphatic heterocycles. The minimum absolute atomic E-state index is 0.529. The third kappa shape index (κ3) is 6.00. The molecule has 1 saturated carbocycles. The standard InChI is InChI=1S/C17H32N6S/c1-13-7-5-8-15(11-13)20-17(18-9-6-10-24-4)19-12-16-22-21-14(2)23(16)3/h13,15H,5-12H2,1-4H3,(H2,18,19,20). The van der Waals surface area contributed by atoms with Crippen LogP contribution in [0.1, 0.15) is 50.7 Å². The maximum Gasteiger partial charge on any atom is 0.191 e. The number of rotatable bonds is 7. The van der Waals surface area contributed by atoms with Crippen LogP contribution in [0.15, 0.2) is 4.99 Å². The van der Waals surface area contributed by atoms with Crippen molar-refractivity contribution in [3.05, 3.63) is 11.6 Å². The minimum atomic E-state index is 0.529. The topological polar surface area (TPSA) is 67.1 Å². The number of guanidine groups is 1. The average Bonchev–Trinajstić information content (AvgIpc) is 2.88. The average molecular weight is 353 g/mol. The molecule has 1 aromatic heterocycles. The number of aryl methyl sites for hydroxylation is 1. The van der Waals surface area contributed by atoms with E-state index in [0.717, 1.165) is 36.5 Å². The molecule has 0 spiro atoms. The lowest BCUT2D eigenvalue weighted by Gasteiger charge is -2.29. The highest BCUT2D eigenvalue weighted by Gasteiger charge is 2.19. The number of nitrogens with one attached hydrogen (secondary N) is 2. The van der Waals surface area contributed by atoms with E-state index >= 15 is 0 Å². The van der Waals surface area contributed by atoms with E-state index in [1.165, 1.54) is 31.4 Å². The van der Waals surface area contributed by atoms with Crippen molar-refractivity contribution in [1.82, 2.24) is 25.4 Å². The smallest absolute Gasteiger partial charge is 0.191 e. The zero-order chi connectivity index (χ0) is 17.4. The fourth-order valence-electron chi connectivity index (χ4n) is 3.07. The zero-order valence-corrected chi connectivity index (χ0v) is 16.3. The maximum atomic E-state index is 4.75. The molecule has 0 radical (unpaired) electrons. The quantitative estimate of drug-likeness (QED) is 0.448. The van der Waals surface area contributed by atoms with Crippen LogP contribution < -0.4 is 10.6 Å². The van der Waals surface area contributed by atoms with E-state index in [1.54, 1.807) is 0 Å². The van der Waals surface area contributed by atoms with E-state index in [1.807, 2.05) is 30.3 Å². The van der Waals surface area contributed by atoms with Gasteiger partial charge in [-0.25, -0.2) is 4.99 Å². The van der Waals surface area contributed by atoms with Gasteiger partial charge in [-0.2, -0.15) is 11.8 Å². The van der Waals surface area contributed by atoms with E-state index in [9.17, 15) is 0 Å². The Morgan fingerprint density at radius 1 is 1.38 bits per heavy atom. The lowest BCUT2D eigenvalue weighted by molar-refractivity contribution is 0.324. The Balaban J connectivity index is 1.95. The third-order valence-corrected chi connectivity index (χ3v) is 5.35. The molecule has 6 nitrogen and oxygen atoms in total. The summed E-state index contributed by atoms with van der Waals surface area (Å²) in [6.07, 6.45) is 8.41. The van der Waals surface area contributed by atoms with Crippen LogP contribution in [0.5, 0.6) is 0 Å². The minimum Gasteiger partial charge on any atom is -0.356 e. The molecule has 2 N–H and O–H groups in total. The largest absolute Gasteiger partial charge is 0.356 e. The summed E-state index contributed by atoms with van der Waals surface area (Å²) in [6, 6.07) is 0.529. The van der Waals surface area contributed by atoms with E-state index in [-0.39, 0.29) is 0 Å². The van der Waals surface area contributed by atoms with Crippen molar-refractivity contribution < 1.29 is 0 Å². The summed E-state index contributed by atoms with van der Waals surface area (Å²) in [6.45, 7) is 5.81. The first-order valence-corrected chi connectivity index (χ1v) is 10.4. The number of hydrogen-bond acceptors (Lipinski definition) is 4. The molecular weight excluding hydrogens is 320 g/mol. The summed E-state index contributed by atoms with van der Waals surface area (Å²) in [5, 5.41) is 15.4. The number of thioether (sulfide) groups is 1. The van der Waals surface area contributed by atoms with Crippen molar-refractivity contribution in [2.45, 2.75) is 58.5 Å². The first kappa shape index (κ1) is 19.1. The molecule has 7 heteroatoms. The predicted molar refractivity (Wildman–Crippen MR) is 102 cm³/mol. The van der Waals surface area contributed by atoms with Gasteiger partial charge in [0.05, 0.1) is 0 Å². The Morgan fingerprint density at radius 3 is 2.88 bits per heavy atom. The van der Waals surface area contributed by atoms with Crippen LogP contribution in [0.25, 0.3) is 0 Å². The van der Waals surface area contributed by atoms with Crippen LogP contribution in [-0.4, -0.2) is 45.3 Å². The van der Waals surface area contributed by atoms with E-state index in [4.69, 9.17) is 4.99 Å². The van der Waals surface area contributed by atoms with Gasteiger partial charge in [0.2, 0.25) is 0 Å². The second-order valence-electron chi connectivity index (χ2n) is 6.77. The molecule has 1 aromatic rings. The van der Waals surface area contributed by atoms with E-state index in [0.29, 0.717) is 12.6 Å². The van der Waals surface area contributed by atoms with Crippen LogP contribution in [0.2, 0.25) is 0 Å². The van der Waals surface area contributed by atoms with E-state index < -0.39 is 0 Å². The highest BCUT2D eigenvalue weighted by Crippen LogP contribution is 2.23. The van der Waals surface area contributed by atoms with Crippen molar-refractivity contribution >= 4 is 17.7 Å². The molecule has 1 fully saturated rings. The summed E-state index contributed by atoms with van der Waals surface area (Å²) >= 11 is 1.88. The summed E-state index contributed by atoms with van der Waals surface area (Å²) in [4.78, 5) is 4.75. The summed E-state index contributed by atoms with van der Waals surface area (Å²) in [5.41, 5.74) is 0. The lowest BCUT2D eigenvalue weighted by Crippen LogP contribution is -2.45. The van der Waals surface area contributed by atoms with Crippen LogP contribution in [-0.2, 0) is 13.6 Å². The summed E-state index contributed by atoms with van der Waals surface area (Å²) in [5.74, 6) is 4.70. The van der Waals surface area contributed by atoms with Crippen molar-refractivity contribution in [2.75, 3.05) is 18.6 Å². The fraction of sp³-hybridized carbons (Fsp3) is 0.824. The number of hydrogen-bond donors (Lipinski definition) is 2. The Bertz CT molecular complexity index is 527. The molecule has 1 aliphatic rings. The maximum absolute atomic E-state index is 4.75. The normalized spacial score (nSPS) is 21.8. The molecule has 0 amide bonds. The predicted octanol–water partition coefficient (Wildman–Crippen LogP) is 2.49. The van der Waals surface area contributed by atoms with Crippen molar-refractivity contribution in [3.8, 4) is 0 Å². The van der Waals surface area contributed by atoms with Gasteiger partial charge < -0.3 is 15.2 Å². The van der Waals surface area contributed by atoms with Crippen molar-refractivity contribution in [1.29, 1.82) is 0 Å². The van der Waals surface area contributed by atoms with Crippen LogP contribution >= 0.6 is 11.8 Å². The molecule has 1 heterocycles. The van der Waals surface area contributed by atoms with Gasteiger partial charge in [-0.05, 0) is 44.1 Å². The SMILES string of the molecule is CSCCCNC(=NCc1nnc(C)n1C)NC1CCCC(C)C1.